The summed E-state index contributed by atoms with van der Waals surface area (Å²) in [5.74, 6) is -1.02. The second kappa shape index (κ2) is 10.8. The third-order valence-electron chi connectivity index (χ3n) is 5.60. The van der Waals surface area contributed by atoms with Gasteiger partial charge in [-0.3, -0.25) is 14.5 Å². The predicted molar refractivity (Wildman–Crippen MR) is 136 cm³/mol. The van der Waals surface area contributed by atoms with Crippen molar-refractivity contribution in [3.63, 3.8) is 0 Å². The van der Waals surface area contributed by atoms with Gasteiger partial charge in [-0.15, -0.1) is 0 Å². The molecule has 0 spiro atoms. The molecule has 1 fully saturated rings. The molecule has 2 amide bonds. The molecule has 34 heavy (non-hydrogen) atoms. The number of thiocarbonyl (C=S) groups is 1. The molecular weight excluding hydrogens is 473 g/mol. The summed E-state index contributed by atoms with van der Waals surface area (Å²) in [4.78, 5) is 29.5. The lowest BCUT2D eigenvalue weighted by Crippen LogP contribution is -2.38. The van der Waals surface area contributed by atoms with E-state index in [0.717, 1.165) is 12.8 Å². The Hall–Kier alpha value is -3.29. The predicted octanol–water partition coefficient (Wildman–Crippen LogP) is 5.44. The molecule has 1 aliphatic rings. The highest BCUT2D eigenvalue weighted by atomic mass is 35.5. The van der Waals surface area contributed by atoms with Crippen molar-refractivity contribution in [2.24, 2.45) is 0 Å². The number of nitrogens with zero attached hydrogens (tertiary/aromatic N) is 2. The first-order valence-corrected chi connectivity index (χ1v) is 11.7. The topological polar surface area (TPSA) is 52.7 Å². The summed E-state index contributed by atoms with van der Waals surface area (Å²) in [6.45, 7) is 0.519. The van der Waals surface area contributed by atoms with E-state index in [4.69, 9.17) is 23.8 Å². The molecule has 4 rings (SSSR count). The molecule has 0 radical (unpaired) electrons. The Morgan fingerprint density at radius 1 is 1.03 bits per heavy atom. The third kappa shape index (κ3) is 5.61. The molecule has 1 unspecified atom stereocenters. The lowest BCUT2D eigenvalue weighted by atomic mass is 10.1. The van der Waals surface area contributed by atoms with Gasteiger partial charge in [-0.25, -0.2) is 4.39 Å². The Kier molecular flexibility index (Phi) is 7.55. The van der Waals surface area contributed by atoms with Crippen LogP contribution in [0.25, 0.3) is 0 Å². The molecular formula is C26H23ClFN3O2S. The van der Waals surface area contributed by atoms with Crippen LogP contribution in [0.15, 0.2) is 78.9 Å². The zero-order valence-corrected chi connectivity index (χ0v) is 19.9. The number of hydrogen-bond acceptors (Lipinski definition) is 3. The van der Waals surface area contributed by atoms with E-state index in [-0.39, 0.29) is 18.2 Å². The van der Waals surface area contributed by atoms with Gasteiger partial charge in [-0.05, 0) is 73.1 Å². The Labute approximate surface area is 208 Å². The first-order chi connectivity index (χ1) is 16.4. The molecule has 0 aromatic heterocycles. The zero-order valence-electron chi connectivity index (χ0n) is 18.3. The molecule has 0 aliphatic carbocycles. The summed E-state index contributed by atoms with van der Waals surface area (Å²) in [5, 5.41) is 3.56. The monoisotopic (exact) mass is 495 g/mol. The average Bonchev–Trinajstić information content (AvgIpc) is 3.05. The van der Waals surface area contributed by atoms with Crippen molar-refractivity contribution in [1.82, 2.24) is 4.90 Å². The van der Waals surface area contributed by atoms with Gasteiger partial charge in [0.05, 0.1) is 12.1 Å². The molecule has 5 nitrogen and oxygen atoms in total. The van der Waals surface area contributed by atoms with E-state index in [1.54, 1.807) is 24.3 Å². The van der Waals surface area contributed by atoms with Crippen LogP contribution in [-0.2, 0) is 16.0 Å². The number of amides is 2. The number of carbonyl (C=O) groups excluding carboxylic acids is 2. The van der Waals surface area contributed by atoms with E-state index in [9.17, 15) is 14.0 Å². The van der Waals surface area contributed by atoms with E-state index >= 15 is 0 Å². The van der Waals surface area contributed by atoms with Crippen LogP contribution < -0.4 is 10.2 Å². The van der Waals surface area contributed by atoms with Crippen LogP contribution in [0.3, 0.4) is 0 Å². The summed E-state index contributed by atoms with van der Waals surface area (Å²) in [6, 6.07) is 21.7. The minimum Gasteiger partial charge on any atom is -0.336 e. The largest absolute Gasteiger partial charge is 0.336 e. The van der Waals surface area contributed by atoms with Crippen LogP contribution in [0.1, 0.15) is 18.4 Å². The summed E-state index contributed by atoms with van der Waals surface area (Å²) < 4.78 is 13.2. The van der Waals surface area contributed by atoms with Crippen molar-refractivity contribution in [3.05, 3.63) is 95.3 Å². The van der Waals surface area contributed by atoms with Gasteiger partial charge in [0, 0.05) is 17.3 Å². The van der Waals surface area contributed by atoms with Gasteiger partial charge in [-0.1, -0.05) is 48.0 Å². The molecule has 0 bridgehead atoms. The first-order valence-electron chi connectivity index (χ1n) is 10.9. The highest BCUT2D eigenvalue weighted by molar-refractivity contribution is 7.80. The Balaban J connectivity index is 1.52. The van der Waals surface area contributed by atoms with Gasteiger partial charge in [0.15, 0.2) is 5.11 Å². The Morgan fingerprint density at radius 3 is 2.47 bits per heavy atom. The quantitative estimate of drug-likeness (QED) is 0.423. The van der Waals surface area contributed by atoms with Crippen LogP contribution in [0, 0.1) is 5.82 Å². The normalized spacial score (nSPS) is 15.6. The minimum absolute atomic E-state index is 0.0846. The second-order valence-electron chi connectivity index (χ2n) is 7.99. The van der Waals surface area contributed by atoms with Gasteiger partial charge < -0.3 is 10.2 Å². The molecule has 3 aromatic rings. The van der Waals surface area contributed by atoms with E-state index in [2.05, 4.69) is 17.4 Å². The number of anilines is 2. The standard InChI is InChI=1S/C26H23ClFN3O2S/c27-19-9-4-10-22(16-19)31-25(33)23(17-24(32)29-21-13-11-20(28)12-14-21)30(26(31)34)15-5-8-18-6-2-1-3-7-18/h1-4,6-7,9-14,16,23H,5,8,15,17H2,(H,29,32). The highest BCUT2D eigenvalue weighted by Gasteiger charge is 2.43. The Morgan fingerprint density at radius 2 is 1.76 bits per heavy atom. The van der Waals surface area contributed by atoms with Crippen LogP contribution in [0.4, 0.5) is 15.8 Å². The van der Waals surface area contributed by atoms with Crippen molar-refractivity contribution < 1.29 is 14.0 Å². The molecule has 1 atom stereocenters. The van der Waals surface area contributed by atoms with Crippen molar-refractivity contribution in [3.8, 4) is 0 Å². The van der Waals surface area contributed by atoms with Crippen molar-refractivity contribution in [2.75, 3.05) is 16.8 Å². The van der Waals surface area contributed by atoms with Gasteiger partial charge in [0.1, 0.15) is 11.9 Å². The summed E-state index contributed by atoms with van der Waals surface area (Å²) in [7, 11) is 0. The molecule has 8 heteroatoms. The van der Waals surface area contributed by atoms with Crippen LogP contribution in [0.5, 0.6) is 0 Å². The number of aryl methyl sites for hydroxylation is 1. The molecule has 3 aromatic carbocycles. The fraction of sp³-hybridized carbons (Fsp3) is 0.192. The number of hydrogen-bond donors (Lipinski definition) is 1. The summed E-state index contributed by atoms with van der Waals surface area (Å²) in [5.41, 5.74) is 2.22. The fourth-order valence-electron chi connectivity index (χ4n) is 3.96. The molecule has 0 saturated carbocycles. The summed E-state index contributed by atoms with van der Waals surface area (Å²) in [6.07, 6.45) is 1.50. The van der Waals surface area contributed by atoms with E-state index < -0.39 is 11.9 Å². The van der Waals surface area contributed by atoms with Crippen molar-refractivity contribution in [1.29, 1.82) is 0 Å². The average molecular weight is 496 g/mol. The lowest BCUT2D eigenvalue weighted by Gasteiger charge is -2.24. The first kappa shape index (κ1) is 23.9. The number of nitrogens with one attached hydrogen (secondary N) is 1. The SMILES string of the molecule is O=C(CC1C(=O)N(c2cccc(Cl)c2)C(=S)N1CCCc1ccccc1)Nc1ccc(F)cc1. The third-order valence-corrected chi connectivity index (χ3v) is 6.25. The van der Waals surface area contributed by atoms with Crippen LogP contribution in [-0.4, -0.2) is 34.4 Å². The number of halogens is 2. The maximum Gasteiger partial charge on any atom is 0.256 e. The van der Waals surface area contributed by atoms with Crippen molar-refractivity contribution >= 4 is 52.1 Å². The van der Waals surface area contributed by atoms with E-state index in [0.29, 0.717) is 28.1 Å². The minimum atomic E-state index is -0.747. The van der Waals surface area contributed by atoms with Gasteiger partial charge in [0.25, 0.3) is 5.91 Å². The maximum atomic E-state index is 13.4. The van der Waals surface area contributed by atoms with Gasteiger partial charge in [0.2, 0.25) is 5.91 Å². The molecule has 1 aliphatic heterocycles. The smallest absolute Gasteiger partial charge is 0.256 e. The molecule has 174 valence electrons. The van der Waals surface area contributed by atoms with Crippen LogP contribution in [0.2, 0.25) is 5.02 Å². The van der Waals surface area contributed by atoms with Gasteiger partial charge >= 0.3 is 0 Å². The van der Waals surface area contributed by atoms with Crippen molar-refractivity contribution in [2.45, 2.75) is 25.3 Å². The molecule has 1 saturated heterocycles. The zero-order chi connectivity index (χ0) is 24.1. The fourth-order valence-corrected chi connectivity index (χ4v) is 4.56. The van der Waals surface area contributed by atoms with Gasteiger partial charge in [-0.2, -0.15) is 0 Å². The maximum absolute atomic E-state index is 13.4. The number of rotatable bonds is 8. The molecule has 1 heterocycles. The lowest BCUT2D eigenvalue weighted by molar-refractivity contribution is -0.124. The number of carbonyl (C=O) groups is 2. The molecule has 1 N–H and O–H groups in total. The Bertz CT molecular complexity index is 1190. The number of benzene rings is 3. The van der Waals surface area contributed by atoms with E-state index in [1.807, 2.05) is 23.1 Å². The summed E-state index contributed by atoms with van der Waals surface area (Å²) >= 11 is 11.8. The van der Waals surface area contributed by atoms with Crippen LogP contribution >= 0.6 is 23.8 Å². The van der Waals surface area contributed by atoms with E-state index in [1.165, 1.54) is 34.7 Å². The second-order valence-corrected chi connectivity index (χ2v) is 8.80. The highest BCUT2D eigenvalue weighted by Crippen LogP contribution is 2.29.